The van der Waals surface area contributed by atoms with E-state index in [-0.39, 0.29) is 11.3 Å². The number of benzene rings is 2. The van der Waals surface area contributed by atoms with Crippen LogP contribution in [0.5, 0.6) is 0 Å². The monoisotopic (exact) mass is 471 g/mol. The standard InChI is InChI=1S/C26H21N3O4S/c1-32-25(31)22-13-12-19(33-22)16-34-26-28-21-14-20(18-10-6-3-7-11-18)27-23(21)24(30)29(26)15-17-8-4-2-5-9-17/h2-14,27H,15-16H2,1H3. The summed E-state index contributed by atoms with van der Waals surface area (Å²) in [6.45, 7) is 0.385. The second kappa shape index (κ2) is 9.44. The van der Waals surface area contributed by atoms with Crippen LogP contribution in [0.3, 0.4) is 0 Å². The lowest BCUT2D eigenvalue weighted by Gasteiger charge is -2.11. The highest BCUT2D eigenvalue weighted by Gasteiger charge is 2.17. The van der Waals surface area contributed by atoms with Crippen LogP contribution in [0.2, 0.25) is 0 Å². The summed E-state index contributed by atoms with van der Waals surface area (Å²) >= 11 is 1.38. The normalized spacial score (nSPS) is 11.1. The lowest BCUT2D eigenvalue weighted by atomic mass is 10.2. The molecule has 0 atom stereocenters. The van der Waals surface area contributed by atoms with Crippen LogP contribution in [-0.4, -0.2) is 27.6 Å². The molecule has 170 valence electrons. The van der Waals surface area contributed by atoms with Gasteiger partial charge >= 0.3 is 5.97 Å². The molecule has 0 radical (unpaired) electrons. The molecule has 3 aromatic heterocycles. The number of methoxy groups -OCH3 is 1. The molecule has 0 unspecified atom stereocenters. The SMILES string of the molecule is COC(=O)c1ccc(CSc2nc3cc(-c4ccccc4)[nH]c3c(=O)n2Cc2ccccc2)o1. The molecule has 0 saturated heterocycles. The van der Waals surface area contributed by atoms with Crippen molar-refractivity contribution in [2.75, 3.05) is 7.11 Å². The first kappa shape index (κ1) is 21.8. The second-order valence-corrected chi connectivity index (χ2v) is 8.57. The number of ether oxygens (including phenoxy) is 1. The van der Waals surface area contributed by atoms with Gasteiger partial charge in [-0.2, -0.15) is 0 Å². The van der Waals surface area contributed by atoms with Crippen molar-refractivity contribution in [1.29, 1.82) is 0 Å². The van der Waals surface area contributed by atoms with Gasteiger partial charge in [0.1, 0.15) is 11.3 Å². The van der Waals surface area contributed by atoms with Crippen molar-refractivity contribution in [3.8, 4) is 11.3 Å². The van der Waals surface area contributed by atoms with E-state index >= 15 is 0 Å². The maximum atomic E-state index is 13.5. The molecular formula is C26H21N3O4S. The number of carbonyl (C=O) groups excluding carboxylic acids is 1. The van der Waals surface area contributed by atoms with Crippen LogP contribution in [0.1, 0.15) is 21.9 Å². The Morgan fingerprint density at radius 2 is 1.79 bits per heavy atom. The number of esters is 1. The Morgan fingerprint density at radius 3 is 2.53 bits per heavy atom. The van der Waals surface area contributed by atoms with Crippen LogP contribution in [0.15, 0.2) is 93.2 Å². The fraction of sp³-hybridized carbons (Fsp3) is 0.115. The summed E-state index contributed by atoms with van der Waals surface area (Å²) in [5.41, 5.74) is 3.73. The molecule has 0 spiro atoms. The third-order valence-electron chi connectivity index (χ3n) is 5.36. The van der Waals surface area contributed by atoms with Crippen molar-refractivity contribution in [3.63, 3.8) is 0 Å². The lowest BCUT2D eigenvalue weighted by molar-refractivity contribution is 0.0563. The fourth-order valence-corrected chi connectivity index (χ4v) is 4.56. The molecule has 0 aliphatic carbocycles. The molecule has 0 aliphatic rings. The Labute approximate surface area is 199 Å². The van der Waals surface area contributed by atoms with E-state index in [4.69, 9.17) is 14.1 Å². The van der Waals surface area contributed by atoms with Crippen LogP contribution >= 0.6 is 11.8 Å². The van der Waals surface area contributed by atoms with Gasteiger partial charge in [0.15, 0.2) is 5.16 Å². The first-order valence-electron chi connectivity index (χ1n) is 10.6. The molecule has 7 nitrogen and oxygen atoms in total. The summed E-state index contributed by atoms with van der Waals surface area (Å²) in [5, 5.41) is 0.566. The predicted octanol–water partition coefficient (Wildman–Crippen LogP) is 5.11. The molecule has 3 heterocycles. The highest BCUT2D eigenvalue weighted by molar-refractivity contribution is 7.98. The molecule has 34 heavy (non-hydrogen) atoms. The number of carbonyl (C=O) groups is 1. The fourth-order valence-electron chi connectivity index (χ4n) is 3.67. The molecule has 0 fully saturated rings. The van der Waals surface area contributed by atoms with Crippen LogP contribution in [-0.2, 0) is 17.0 Å². The summed E-state index contributed by atoms with van der Waals surface area (Å²) in [7, 11) is 1.31. The van der Waals surface area contributed by atoms with Crippen LogP contribution < -0.4 is 5.56 Å². The number of nitrogens with one attached hydrogen (secondary N) is 1. The molecule has 5 rings (SSSR count). The zero-order valence-electron chi connectivity index (χ0n) is 18.4. The predicted molar refractivity (Wildman–Crippen MR) is 131 cm³/mol. The number of aromatic amines is 1. The minimum absolute atomic E-state index is 0.140. The summed E-state index contributed by atoms with van der Waals surface area (Å²) < 4.78 is 11.9. The van der Waals surface area contributed by atoms with Crippen LogP contribution in [0.4, 0.5) is 0 Å². The van der Waals surface area contributed by atoms with Crippen molar-refractivity contribution >= 4 is 28.8 Å². The summed E-state index contributed by atoms with van der Waals surface area (Å²) in [5.74, 6) is 0.601. The van der Waals surface area contributed by atoms with E-state index in [2.05, 4.69) is 4.98 Å². The first-order valence-corrected chi connectivity index (χ1v) is 11.6. The van der Waals surface area contributed by atoms with Gasteiger partial charge in [-0.1, -0.05) is 72.4 Å². The number of fused-ring (bicyclic) bond motifs is 1. The minimum Gasteiger partial charge on any atom is -0.463 e. The average Bonchev–Trinajstić information content (AvgIpc) is 3.53. The summed E-state index contributed by atoms with van der Waals surface area (Å²) in [4.78, 5) is 33.3. The molecular weight excluding hydrogens is 450 g/mol. The Bertz CT molecular complexity index is 1500. The van der Waals surface area contributed by atoms with Gasteiger partial charge in [0.25, 0.3) is 5.56 Å². The van der Waals surface area contributed by atoms with Crippen molar-refractivity contribution in [3.05, 3.63) is 106 Å². The van der Waals surface area contributed by atoms with Gasteiger partial charge in [0.2, 0.25) is 5.76 Å². The number of hydrogen-bond donors (Lipinski definition) is 1. The van der Waals surface area contributed by atoms with Crippen molar-refractivity contribution in [2.24, 2.45) is 0 Å². The third kappa shape index (κ3) is 4.40. The van der Waals surface area contributed by atoms with Gasteiger partial charge < -0.3 is 14.1 Å². The molecule has 0 saturated carbocycles. The Balaban J connectivity index is 1.53. The molecule has 0 aliphatic heterocycles. The van der Waals surface area contributed by atoms with Crippen molar-refractivity contribution < 1.29 is 13.9 Å². The zero-order chi connectivity index (χ0) is 23.5. The van der Waals surface area contributed by atoms with Crippen LogP contribution in [0.25, 0.3) is 22.3 Å². The van der Waals surface area contributed by atoms with Gasteiger partial charge in [-0.05, 0) is 29.3 Å². The molecule has 8 heteroatoms. The lowest BCUT2D eigenvalue weighted by Crippen LogP contribution is -2.24. The van der Waals surface area contributed by atoms with E-state index in [1.807, 2.05) is 66.7 Å². The topological polar surface area (TPSA) is 90.1 Å². The Kier molecular flexibility index (Phi) is 6.05. The zero-order valence-corrected chi connectivity index (χ0v) is 19.2. The van der Waals surface area contributed by atoms with Crippen molar-refractivity contribution in [1.82, 2.24) is 14.5 Å². The first-order chi connectivity index (χ1) is 16.6. The molecule has 0 bridgehead atoms. The number of hydrogen-bond acceptors (Lipinski definition) is 6. The van der Waals surface area contributed by atoms with E-state index in [9.17, 15) is 9.59 Å². The minimum atomic E-state index is -0.530. The van der Waals surface area contributed by atoms with E-state index < -0.39 is 5.97 Å². The molecule has 5 aromatic rings. The van der Waals surface area contributed by atoms with Gasteiger partial charge in [-0.3, -0.25) is 9.36 Å². The molecule has 1 N–H and O–H groups in total. The maximum absolute atomic E-state index is 13.5. The quantitative estimate of drug-likeness (QED) is 0.202. The maximum Gasteiger partial charge on any atom is 0.373 e. The highest BCUT2D eigenvalue weighted by Crippen LogP contribution is 2.26. The molecule has 0 amide bonds. The number of furan rings is 1. The summed E-state index contributed by atoms with van der Waals surface area (Å²) in [6, 6.07) is 24.8. The van der Waals surface area contributed by atoms with Gasteiger partial charge in [-0.25, -0.2) is 9.78 Å². The highest BCUT2D eigenvalue weighted by atomic mass is 32.2. The summed E-state index contributed by atoms with van der Waals surface area (Å²) in [6.07, 6.45) is 0. The van der Waals surface area contributed by atoms with E-state index in [0.29, 0.717) is 34.2 Å². The van der Waals surface area contributed by atoms with E-state index in [1.165, 1.54) is 18.9 Å². The van der Waals surface area contributed by atoms with Gasteiger partial charge in [-0.15, -0.1) is 0 Å². The van der Waals surface area contributed by atoms with Gasteiger partial charge in [0, 0.05) is 5.69 Å². The second-order valence-electron chi connectivity index (χ2n) is 7.63. The Morgan fingerprint density at radius 1 is 1.06 bits per heavy atom. The van der Waals surface area contributed by atoms with Crippen LogP contribution in [0, 0.1) is 0 Å². The van der Waals surface area contributed by atoms with Crippen molar-refractivity contribution in [2.45, 2.75) is 17.5 Å². The largest absolute Gasteiger partial charge is 0.463 e. The number of rotatable bonds is 7. The number of H-pyrrole nitrogens is 1. The van der Waals surface area contributed by atoms with E-state index in [0.717, 1.165) is 16.8 Å². The third-order valence-corrected chi connectivity index (χ3v) is 6.36. The molecule has 2 aromatic carbocycles. The van der Waals surface area contributed by atoms with E-state index in [1.54, 1.807) is 16.7 Å². The average molecular weight is 472 g/mol. The number of aromatic nitrogens is 3. The Hall–Kier alpha value is -4.04. The number of thioether (sulfide) groups is 1. The van der Waals surface area contributed by atoms with Gasteiger partial charge in [0.05, 0.1) is 24.9 Å². The number of nitrogens with zero attached hydrogens (tertiary/aromatic N) is 2. The smallest absolute Gasteiger partial charge is 0.373 e.